The number of para-hydroxylation sites is 1. The van der Waals surface area contributed by atoms with Crippen LogP contribution in [0, 0.1) is 0 Å². The topological polar surface area (TPSA) is 115 Å². The summed E-state index contributed by atoms with van der Waals surface area (Å²) < 4.78 is 9.24. The molecule has 1 saturated heterocycles. The second kappa shape index (κ2) is 8.20. The van der Waals surface area contributed by atoms with E-state index in [1.165, 1.54) is 6.20 Å². The summed E-state index contributed by atoms with van der Waals surface area (Å²) >= 11 is 9.48. The lowest BCUT2D eigenvalue weighted by Gasteiger charge is -2.55. The van der Waals surface area contributed by atoms with E-state index in [2.05, 4.69) is 20.9 Å². The molecule has 1 aromatic carbocycles. The third kappa shape index (κ3) is 3.30. The SMILES string of the molecule is CCCCCO[C@H]1O[C@](Br)(CO)[C@@](O)(Cl)[C@@](O)(c2c[nH]c3ccccc23)[C@H]1O. The number of H-pyrrole nitrogens is 1. The fraction of sp³-hybridized carbons (Fsp3) is 0.579. The molecule has 28 heavy (non-hydrogen) atoms. The normalized spacial score (nSPS) is 36.1. The van der Waals surface area contributed by atoms with Gasteiger partial charge >= 0.3 is 0 Å². The summed E-state index contributed by atoms with van der Waals surface area (Å²) in [5, 5.41) is 41.5. The van der Waals surface area contributed by atoms with E-state index < -0.39 is 34.2 Å². The molecule has 1 fully saturated rings. The number of rotatable bonds is 7. The summed E-state index contributed by atoms with van der Waals surface area (Å²) in [7, 11) is 0. The number of aromatic nitrogens is 1. The first kappa shape index (κ1) is 22.0. The number of hydrogen-bond donors (Lipinski definition) is 5. The molecule has 2 aromatic rings. The van der Waals surface area contributed by atoms with Crippen LogP contribution in [-0.2, 0) is 15.1 Å². The predicted molar refractivity (Wildman–Crippen MR) is 108 cm³/mol. The Hall–Kier alpha value is -0.710. The Bertz CT molecular complexity index is 817. The zero-order chi connectivity index (χ0) is 20.6. The Morgan fingerprint density at radius 3 is 2.68 bits per heavy atom. The van der Waals surface area contributed by atoms with E-state index in [9.17, 15) is 20.4 Å². The number of ether oxygens (including phenoxy) is 2. The van der Waals surface area contributed by atoms with E-state index in [4.69, 9.17) is 21.1 Å². The fourth-order valence-corrected chi connectivity index (χ4v) is 4.35. The van der Waals surface area contributed by atoms with Gasteiger partial charge in [0, 0.05) is 29.3 Å². The van der Waals surface area contributed by atoms with Crippen LogP contribution in [0.1, 0.15) is 31.7 Å². The number of aromatic amines is 1. The maximum atomic E-state index is 11.6. The molecule has 5 atom stereocenters. The minimum Gasteiger partial charge on any atom is -0.392 e. The van der Waals surface area contributed by atoms with Gasteiger partial charge in [0.2, 0.25) is 5.06 Å². The van der Waals surface area contributed by atoms with Crippen LogP contribution in [0.3, 0.4) is 0 Å². The Kier molecular flexibility index (Phi) is 6.44. The summed E-state index contributed by atoms with van der Waals surface area (Å²) in [5.41, 5.74) is -1.58. The average molecular weight is 479 g/mol. The van der Waals surface area contributed by atoms with Crippen molar-refractivity contribution < 1.29 is 29.9 Å². The van der Waals surface area contributed by atoms with E-state index in [0.717, 1.165) is 19.3 Å². The molecule has 3 rings (SSSR count). The van der Waals surface area contributed by atoms with Gasteiger partial charge in [-0.3, -0.25) is 0 Å². The van der Waals surface area contributed by atoms with Crippen molar-refractivity contribution in [3.05, 3.63) is 36.0 Å². The van der Waals surface area contributed by atoms with Crippen molar-refractivity contribution in [2.24, 2.45) is 0 Å². The molecule has 9 heteroatoms. The van der Waals surface area contributed by atoms with Crippen molar-refractivity contribution in [3.63, 3.8) is 0 Å². The lowest BCUT2D eigenvalue weighted by molar-refractivity contribution is -0.357. The summed E-state index contributed by atoms with van der Waals surface area (Å²) in [6.07, 6.45) is 1.04. The van der Waals surface area contributed by atoms with Crippen molar-refractivity contribution in [1.29, 1.82) is 0 Å². The lowest BCUT2D eigenvalue weighted by Crippen LogP contribution is -2.74. The van der Waals surface area contributed by atoms with Gasteiger partial charge < -0.3 is 34.9 Å². The van der Waals surface area contributed by atoms with Crippen molar-refractivity contribution in [2.45, 2.75) is 53.8 Å². The molecule has 1 aliphatic rings. The quantitative estimate of drug-likeness (QED) is 0.308. The number of fused-ring (bicyclic) bond motifs is 1. The number of alkyl halides is 2. The van der Waals surface area contributed by atoms with Gasteiger partial charge in [0.05, 0.1) is 6.61 Å². The molecule has 156 valence electrons. The third-order valence-electron chi connectivity index (χ3n) is 5.22. The molecule has 0 aliphatic carbocycles. The molecule has 1 aromatic heterocycles. The highest BCUT2D eigenvalue weighted by atomic mass is 79.9. The second-order valence-electron chi connectivity index (χ2n) is 7.03. The van der Waals surface area contributed by atoms with Crippen molar-refractivity contribution in [3.8, 4) is 0 Å². The molecule has 0 saturated carbocycles. The predicted octanol–water partition coefficient (Wildman–Crippen LogP) is 2.29. The highest BCUT2D eigenvalue weighted by Crippen LogP contribution is 2.55. The summed E-state index contributed by atoms with van der Waals surface area (Å²) in [5.74, 6) is 0. The molecule has 0 bridgehead atoms. The number of hydrogen-bond acceptors (Lipinski definition) is 6. The van der Waals surface area contributed by atoms with Crippen molar-refractivity contribution in [2.75, 3.05) is 13.2 Å². The number of aliphatic hydroxyl groups is 4. The Labute approximate surface area is 176 Å². The van der Waals surface area contributed by atoms with Gasteiger partial charge in [0.25, 0.3) is 0 Å². The standard InChI is InChI=1S/C19H25BrClNO6/c1-2-3-6-9-27-16-15(24)18(25,19(21,26)17(20,11-23)28-16)13-10-22-14-8-5-4-7-12(13)14/h4-5,7-8,10,15-16,22-26H,2-3,6,9,11H2,1H3/t15-,16-,17+,18+,19-/m0/s1. The second-order valence-corrected chi connectivity index (χ2v) is 8.86. The number of unbranched alkanes of at least 4 members (excludes halogenated alkanes) is 2. The van der Waals surface area contributed by atoms with Crippen LogP contribution in [0.2, 0.25) is 0 Å². The zero-order valence-corrected chi connectivity index (χ0v) is 17.8. The smallest absolute Gasteiger partial charge is 0.216 e. The first-order valence-electron chi connectivity index (χ1n) is 9.20. The monoisotopic (exact) mass is 477 g/mol. The van der Waals surface area contributed by atoms with E-state index in [-0.39, 0.29) is 12.2 Å². The van der Waals surface area contributed by atoms with Crippen LogP contribution in [0.15, 0.2) is 30.5 Å². The Balaban J connectivity index is 2.06. The van der Waals surface area contributed by atoms with Crippen LogP contribution in [0.4, 0.5) is 0 Å². The molecule has 2 heterocycles. The van der Waals surface area contributed by atoms with Crippen LogP contribution in [-0.4, -0.2) is 60.6 Å². The van der Waals surface area contributed by atoms with Gasteiger partial charge in [-0.05, 0) is 28.4 Å². The lowest BCUT2D eigenvalue weighted by atomic mass is 9.77. The molecule has 1 aliphatic heterocycles. The Morgan fingerprint density at radius 2 is 2.00 bits per heavy atom. The summed E-state index contributed by atoms with van der Waals surface area (Å²) in [6, 6.07) is 7.07. The van der Waals surface area contributed by atoms with E-state index in [0.29, 0.717) is 10.9 Å². The zero-order valence-electron chi connectivity index (χ0n) is 15.4. The van der Waals surface area contributed by atoms with Crippen molar-refractivity contribution in [1.82, 2.24) is 4.98 Å². The van der Waals surface area contributed by atoms with Gasteiger partial charge in [0.15, 0.2) is 16.4 Å². The van der Waals surface area contributed by atoms with Crippen LogP contribution in [0.25, 0.3) is 10.9 Å². The summed E-state index contributed by atoms with van der Waals surface area (Å²) in [6.45, 7) is 1.54. The van der Waals surface area contributed by atoms with Gasteiger partial charge in [-0.25, -0.2) is 0 Å². The number of aliphatic hydroxyl groups excluding tert-OH is 2. The highest BCUT2D eigenvalue weighted by Gasteiger charge is 2.72. The van der Waals surface area contributed by atoms with Gasteiger partial charge in [0.1, 0.15) is 6.10 Å². The largest absolute Gasteiger partial charge is 0.392 e. The van der Waals surface area contributed by atoms with E-state index in [1.54, 1.807) is 18.2 Å². The maximum absolute atomic E-state index is 11.6. The van der Waals surface area contributed by atoms with Gasteiger partial charge in [-0.1, -0.05) is 49.6 Å². The molecule has 0 unspecified atom stereocenters. The molecular weight excluding hydrogens is 454 g/mol. The molecule has 0 spiro atoms. The number of nitrogens with one attached hydrogen (secondary N) is 1. The molecule has 0 amide bonds. The van der Waals surface area contributed by atoms with Crippen molar-refractivity contribution >= 4 is 38.4 Å². The first-order chi connectivity index (χ1) is 13.2. The third-order valence-corrected chi connectivity index (χ3v) is 7.06. The Morgan fingerprint density at radius 1 is 1.29 bits per heavy atom. The van der Waals surface area contributed by atoms with Crippen LogP contribution in [0.5, 0.6) is 0 Å². The van der Waals surface area contributed by atoms with Crippen LogP contribution < -0.4 is 0 Å². The number of halogens is 2. The first-order valence-corrected chi connectivity index (χ1v) is 10.4. The van der Waals surface area contributed by atoms with E-state index >= 15 is 0 Å². The molecule has 5 N–H and O–H groups in total. The molecule has 7 nitrogen and oxygen atoms in total. The molecular formula is C19H25BrClNO6. The minimum atomic E-state index is -2.62. The van der Waals surface area contributed by atoms with E-state index in [1.807, 2.05) is 13.0 Å². The fourth-order valence-electron chi connectivity index (χ4n) is 3.55. The van der Waals surface area contributed by atoms with Gasteiger partial charge in [-0.15, -0.1) is 0 Å². The van der Waals surface area contributed by atoms with Crippen LogP contribution >= 0.6 is 27.5 Å². The number of benzene rings is 1. The average Bonchev–Trinajstić information content (AvgIpc) is 3.12. The molecule has 0 radical (unpaired) electrons. The van der Waals surface area contributed by atoms with Gasteiger partial charge in [-0.2, -0.15) is 0 Å². The maximum Gasteiger partial charge on any atom is 0.216 e. The minimum absolute atomic E-state index is 0.163. The highest BCUT2D eigenvalue weighted by molar-refractivity contribution is 9.10. The summed E-state index contributed by atoms with van der Waals surface area (Å²) in [4.78, 5) is 2.99.